The Bertz CT molecular complexity index is 481. The number of benzene rings is 1. The molecule has 0 fully saturated rings. The molecule has 0 radical (unpaired) electrons. The van der Waals surface area contributed by atoms with Crippen LogP contribution in [-0.2, 0) is 9.53 Å². The van der Waals surface area contributed by atoms with Crippen LogP contribution in [0.25, 0.3) is 6.08 Å². The van der Waals surface area contributed by atoms with Crippen molar-refractivity contribution in [2.24, 2.45) is 0 Å². The van der Waals surface area contributed by atoms with Gasteiger partial charge in [0.2, 0.25) is 5.75 Å². The van der Waals surface area contributed by atoms with Gasteiger partial charge in [-0.25, -0.2) is 0 Å². The van der Waals surface area contributed by atoms with Gasteiger partial charge in [-0.3, -0.25) is 14.9 Å². The van der Waals surface area contributed by atoms with Gasteiger partial charge in [0.25, 0.3) is 0 Å². The van der Waals surface area contributed by atoms with Crippen LogP contribution in [-0.4, -0.2) is 22.6 Å². The Kier molecular flexibility index (Phi) is 4.86. The molecule has 1 rings (SSSR count). The Balaban J connectivity index is 2.79. The van der Waals surface area contributed by atoms with Gasteiger partial charge < -0.3 is 9.84 Å². The molecule has 0 aromatic heterocycles. The van der Waals surface area contributed by atoms with E-state index in [1.807, 2.05) is 0 Å². The molecule has 0 heterocycles. The van der Waals surface area contributed by atoms with Crippen molar-refractivity contribution in [1.82, 2.24) is 0 Å². The van der Waals surface area contributed by atoms with E-state index in [9.17, 15) is 20.0 Å². The second kappa shape index (κ2) is 6.39. The van der Waals surface area contributed by atoms with Crippen molar-refractivity contribution in [1.29, 1.82) is 0 Å². The summed E-state index contributed by atoms with van der Waals surface area (Å²) in [5.74, 6) is -0.804. The molecule has 0 saturated heterocycles. The number of hydrogen-bond acceptors (Lipinski definition) is 5. The van der Waals surface area contributed by atoms with Gasteiger partial charge >= 0.3 is 11.7 Å². The largest absolute Gasteiger partial charge is 0.502 e. The number of carbonyl (C=O) groups excluding carboxylic acids is 1. The van der Waals surface area contributed by atoms with Gasteiger partial charge in [-0.05, 0) is 6.92 Å². The highest BCUT2D eigenvalue weighted by atomic mass is 16.6. The molecule has 6 heteroatoms. The first-order valence-corrected chi connectivity index (χ1v) is 5.34. The molecule has 1 aromatic carbocycles. The SMILES string of the molecule is CCOC(=O)CC=Cc1cccc([N+](=O)[O-])c1O. The lowest BCUT2D eigenvalue weighted by atomic mass is 10.1. The fourth-order valence-electron chi connectivity index (χ4n) is 1.33. The van der Waals surface area contributed by atoms with Crippen LogP contribution in [0.15, 0.2) is 24.3 Å². The number of esters is 1. The maximum absolute atomic E-state index is 11.0. The van der Waals surface area contributed by atoms with Gasteiger partial charge in [0.15, 0.2) is 0 Å². The number of carbonyl (C=O) groups is 1. The summed E-state index contributed by atoms with van der Waals surface area (Å²) in [6, 6.07) is 4.18. The van der Waals surface area contributed by atoms with Gasteiger partial charge in [0.05, 0.1) is 18.0 Å². The summed E-state index contributed by atoms with van der Waals surface area (Å²) in [4.78, 5) is 21.0. The molecule has 0 bridgehead atoms. The van der Waals surface area contributed by atoms with Gasteiger partial charge in [-0.2, -0.15) is 0 Å². The second-order valence-electron chi connectivity index (χ2n) is 3.38. The lowest BCUT2D eigenvalue weighted by Crippen LogP contribution is -2.01. The third-order valence-electron chi connectivity index (χ3n) is 2.13. The number of rotatable bonds is 5. The van der Waals surface area contributed by atoms with Gasteiger partial charge in [0, 0.05) is 11.6 Å². The van der Waals surface area contributed by atoms with Crippen molar-refractivity contribution < 1.29 is 19.6 Å². The highest BCUT2D eigenvalue weighted by Crippen LogP contribution is 2.30. The molecular formula is C12H13NO5. The fraction of sp³-hybridized carbons (Fsp3) is 0.250. The summed E-state index contributed by atoms with van der Waals surface area (Å²) in [6.45, 7) is 2.00. The normalized spacial score (nSPS) is 10.5. The van der Waals surface area contributed by atoms with Crippen LogP contribution in [0.3, 0.4) is 0 Å². The smallest absolute Gasteiger partial charge is 0.311 e. The summed E-state index contributed by atoms with van der Waals surface area (Å²) < 4.78 is 4.71. The number of para-hydroxylation sites is 1. The summed E-state index contributed by atoms with van der Waals surface area (Å²) in [7, 11) is 0. The molecule has 0 spiro atoms. The number of ether oxygens (including phenoxy) is 1. The zero-order valence-corrected chi connectivity index (χ0v) is 9.83. The number of phenols is 1. The summed E-state index contributed by atoms with van der Waals surface area (Å²) in [5, 5.41) is 20.2. The van der Waals surface area contributed by atoms with Crippen LogP contribution in [0.2, 0.25) is 0 Å². The zero-order valence-electron chi connectivity index (χ0n) is 9.83. The van der Waals surface area contributed by atoms with E-state index in [0.717, 1.165) is 0 Å². The van der Waals surface area contributed by atoms with Crippen molar-refractivity contribution in [3.05, 3.63) is 40.0 Å². The van der Waals surface area contributed by atoms with E-state index >= 15 is 0 Å². The molecule has 96 valence electrons. The minimum atomic E-state index is -0.669. The molecule has 0 aliphatic rings. The van der Waals surface area contributed by atoms with Crippen molar-refractivity contribution >= 4 is 17.7 Å². The second-order valence-corrected chi connectivity index (χ2v) is 3.38. The zero-order chi connectivity index (χ0) is 13.5. The van der Waals surface area contributed by atoms with Crippen LogP contribution in [0.4, 0.5) is 5.69 Å². The topological polar surface area (TPSA) is 89.7 Å². The maximum Gasteiger partial charge on any atom is 0.311 e. The van der Waals surface area contributed by atoms with E-state index in [0.29, 0.717) is 6.61 Å². The number of hydrogen-bond donors (Lipinski definition) is 1. The number of nitrogens with zero attached hydrogens (tertiary/aromatic N) is 1. The van der Waals surface area contributed by atoms with Crippen molar-refractivity contribution in [3.63, 3.8) is 0 Å². The predicted molar refractivity (Wildman–Crippen MR) is 65.0 cm³/mol. The average Bonchev–Trinajstić information content (AvgIpc) is 2.31. The molecule has 0 atom stereocenters. The molecular weight excluding hydrogens is 238 g/mol. The van der Waals surface area contributed by atoms with E-state index in [-0.39, 0.29) is 17.7 Å². The molecule has 6 nitrogen and oxygen atoms in total. The number of nitro benzene ring substituents is 1. The first kappa shape index (κ1) is 13.7. The number of aromatic hydroxyl groups is 1. The Morgan fingerprint density at radius 1 is 1.56 bits per heavy atom. The van der Waals surface area contributed by atoms with E-state index in [2.05, 4.69) is 0 Å². The van der Waals surface area contributed by atoms with E-state index in [4.69, 9.17) is 4.74 Å². The minimum absolute atomic E-state index is 0.0516. The van der Waals surface area contributed by atoms with Crippen LogP contribution >= 0.6 is 0 Å². The Morgan fingerprint density at radius 3 is 2.89 bits per heavy atom. The lowest BCUT2D eigenvalue weighted by Gasteiger charge is -2.00. The monoisotopic (exact) mass is 251 g/mol. The Morgan fingerprint density at radius 2 is 2.28 bits per heavy atom. The lowest BCUT2D eigenvalue weighted by molar-refractivity contribution is -0.385. The Labute approximate surface area is 104 Å². The quantitative estimate of drug-likeness (QED) is 0.492. The number of nitro groups is 1. The van der Waals surface area contributed by atoms with Crippen LogP contribution in [0.1, 0.15) is 18.9 Å². The van der Waals surface area contributed by atoms with Crippen LogP contribution in [0, 0.1) is 10.1 Å². The molecule has 18 heavy (non-hydrogen) atoms. The fourth-order valence-corrected chi connectivity index (χ4v) is 1.33. The van der Waals surface area contributed by atoms with Crippen molar-refractivity contribution in [2.45, 2.75) is 13.3 Å². The van der Waals surface area contributed by atoms with Crippen LogP contribution < -0.4 is 0 Å². The molecule has 0 aliphatic carbocycles. The molecule has 1 N–H and O–H groups in total. The average molecular weight is 251 g/mol. The summed E-state index contributed by atoms with van der Waals surface area (Å²) in [6.07, 6.45) is 2.98. The molecule has 1 aromatic rings. The van der Waals surface area contributed by atoms with Gasteiger partial charge in [-0.15, -0.1) is 0 Å². The molecule has 0 saturated carbocycles. The minimum Gasteiger partial charge on any atom is -0.502 e. The third kappa shape index (κ3) is 3.58. The van der Waals surface area contributed by atoms with Gasteiger partial charge in [0.1, 0.15) is 0 Å². The van der Waals surface area contributed by atoms with Crippen molar-refractivity contribution in [2.75, 3.05) is 6.61 Å². The van der Waals surface area contributed by atoms with E-state index < -0.39 is 16.6 Å². The molecule has 0 amide bonds. The highest BCUT2D eigenvalue weighted by molar-refractivity contribution is 5.73. The van der Waals surface area contributed by atoms with Gasteiger partial charge in [-0.1, -0.05) is 24.3 Å². The van der Waals surface area contributed by atoms with Crippen LogP contribution in [0.5, 0.6) is 5.75 Å². The van der Waals surface area contributed by atoms with E-state index in [1.165, 1.54) is 30.4 Å². The summed E-state index contributed by atoms with van der Waals surface area (Å²) >= 11 is 0. The maximum atomic E-state index is 11.0. The molecule has 0 unspecified atom stereocenters. The third-order valence-corrected chi connectivity index (χ3v) is 2.13. The first-order chi connectivity index (χ1) is 8.56. The highest BCUT2D eigenvalue weighted by Gasteiger charge is 2.14. The first-order valence-electron chi connectivity index (χ1n) is 5.34. The summed E-state index contributed by atoms with van der Waals surface area (Å²) in [5.41, 5.74) is -0.0817. The van der Waals surface area contributed by atoms with Crippen molar-refractivity contribution in [3.8, 4) is 5.75 Å². The predicted octanol–water partition coefficient (Wildman–Crippen LogP) is 2.27. The van der Waals surface area contributed by atoms with E-state index in [1.54, 1.807) is 6.92 Å². The Hall–Kier alpha value is -2.37. The standard InChI is InChI=1S/C12H13NO5/c1-2-18-11(14)8-4-6-9-5-3-7-10(12(9)15)13(16)17/h3-7,15H,2,8H2,1H3. The number of phenolic OH excluding ortho intramolecular Hbond substituents is 1. The molecule has 0 aliphatic heterocycles.